The average Bonchev–Trinajstić information content (AvgIpc) is 3.49. The number of carbonyl (C=O) groups excluding carboxylic acids is 1. The summed E-state index contributed by atoms with van der Waals surface area (Å²) in [6, 6.07) is 5.63. The maximum atomic E-state index is 12.5. The van der Waals surface area contributed by atoms with Crippen molar-refractivity contribution < 1.29 is 4.79 Å². The summed E-state index contributed by atoms with van der Waals surface area (Å²) in [5.41, 5.74) is 3.64. The molecule has 0 fully saturated rings. The molecule has 0 saturated carbocycles. The van der Waals surface area contributed by atoms with Gasteiger partial charge in [-0.15, -0.1) is 0 Å². The fraction of sp³-hybridized carbons (Fsp3) is 0.227. The Morgan fingerprint density at radius 3 is 2.94 bits per heavy atom. The van der Waals surface area contributed by atoms with Gasteiger partial charge in [-0.05, 0) is 24.6 Å². The van der Waals surface area contributed by atoms with Crippen LogP contribution in [0, 0.1) is 0 Å². The molecule has 0 spiro atoms. The molecule has 2 N–H and O–H groups in total. The molecule has 5 rings (SSSR count). The molecule has 0 bridgehead atoms. The van der Waals surface area contributed by atoms with E-state index in [-0.39, 0.29) is 5.91 Å². The van der Waals surface area contributed by atoms with Crippen LogP contribution in [0.3, 0.4) is 0 Å². The number of aromatic nitrogens is 7. The van der Waals surface area contributed by atoms with Gasteiger partial charge in [-0.1, -0.05) is 18.5 Å². The van der Waals surface area contributed by atoms with E-state index in [1.54, 1.807) is 18.6 Å². The van der Waals surface area contributed by atoms with Crippen molar-refractivity contribution in [3.05, 3.63) is 59.4 Å². The lowest BCUT2D eigenvalue weighted by Crippen LogP contribution is -2.23. The van der Waals surface area contributed by atoms with E-state index < -0.39 is 0 Å². The zero-order valence-corrected chi connectivity index (χ0v) is 18.4. The third kappa shape index (κ3) is 3.50. The lowest BCUT2D eigenvalue weighted by molar-refractivity contribution is 0.0955. The minimum absolute atomic E-state index is 0.179. The van der Waals surface area contributed by atoms with Crippen molar-refractivity contribution in [2.24, 2.45) is 7.05 Å². The molecule has 9 nitrogen and oxygen atoms in total. The van der Waals surface area contributed by atoms with Crippen LogP contribution in [0.25, 0.3) is 33.5 Å². The zero-order chi connectivity index (χ0) is 22.2. The molecule has 0 saturated heterocycles. The van der Waals surface area contributed by atoms with Gasteiger partial charge in [0.15, 0.2) is 5.65 Å². The van der Waals surface area contributed by atoms with Crippen molar-refractivity contribution in [3.63, 3.8) is 0 Å². The highest BCUT2D eigenvalue weighted by Crippen LogP contribution is 2.30. The van der Waals surface area contributed by atoms with Crippen LogP contribution in [-0.4, -0.2) is 46.7 Å². The second kappa shape index (κ2) is 8.08. The van der Waals surface area contributed by atoms with E-state index in [9.17, 15) is 4.79 Å². The van der Waals surface area contributed by atoms with Crippen LogP contribution in [-0.2, 0) is 13.6 Å². The Kier molecular flexibility index (Phi) is 5.10. The minimum atomic E-state index is -0.179. The predicted octanol–water partition coefficient (Wildman–Crippen LogP) is 3.55. The summed E-state index contributed by atoms with van der Waals surface area (Å²) in [7, 11) is 1.94. The molecular formula is C22H21ClN8O. The number of benzene rings is 1. The summed E-state index contributed by atoms with van der Waals surface area (Å²) in [5, 5.41) is 9.22. The SMILES string of the molecule is CCCNC(=O)c1c[nH]c2ncc(-c3nn(Cc4nccn4C)c4cc(Cl)ccc34)nc12. The number of aryl methyl sites for hydroxylation is 1. The van der Waals surface area contributed by atoms with Crippen molar-refractivity contribution in [3.8, 4) is 11.4 Å². The van der Waals surface area contributed by atoms with Crippen LogP contribution < -0.4 is 5.32 Å². The Morgan fingerprint density at radius 1 is 1.28 bits per heavy atom. The Hall–Kier alpha value is -3.72. The fourth-order valence-corrected chi connectivity index (χ4v) is 3.82. The van der Waals surface area contributed by atoms with Gasteiger partial charge in [0.2, 0.25) is 0 Å². The smallest absolute Gasteiger partial charge is 0.255 e. The second-order valence-corrected chi connectivity index (χ2v) is 7.97. The van der Waals surface area contributed by atoms with Crippen LogP contribution in [0.4, 0.5) is 0 Å². The second-order valence-electron chi connectivity index (χ2n) is 7.53. The average molecular weight is 449 g/mol. The first-order valence-corrected chi connectivity index (χ1v) is 10.7. The molecule has 10 heteroatoms. The van der Waals surface area contributed by atoms with Crippen LogP contribution in [0.5, 0.6) is 0 Å². The van der Waals surface area contributed by atoms with Crippen molar-refractivity contribution in [1.29, 1.82) is 0 Å². The first-order chi connectivity index (χ1) is 15.5. The predicted molar refractivity (Wildman–Crippen MR) is 123 cm³/mol. The molecule has 0 aliphatic rings. The van der Waals surface area contributed by atoms with E-state index in [0.29, 0.717) is 46.2 Å². The molecule has 162 valence electrons. The molecule has 0 unspecified atom stereocenters. The number of halogens is 1. The summed E-state index contributed by atoms with van der Waals surface area (Å²) in [6.07, 6.45) is 7.80. The van der Waals surface area contributed by atoms with Gasteiger partial charge in [-0.2, -0.15) is 5.10 Å². The lowest BCUT2D eigenvalue weighted by Gasteiger charge is -2.04. The number of nitrogens with one attached hydrogen (secondary N) is 2. The van der Waals surface area contributed by atoms with Gasteiger partial charge < -0.3 is 14.9 Å². The monoisotopic (exact) mass is 448 g/mol. The topological polar surface area (TPSA) is 106 Å². The molecule has 4 aromatic heterocycles. The molecular weight excluding hydrogens is 428 g/mol. The van der Waals surface area contributed by atoms with E-state index in [0.717, 1.165) is 23.1 Å². The van der Waals surface area contributed by atoms with Crippen LogP contribution >= 0.6 is 11.6 Å². The van der Waals surface area contributed by atoms with E-state index >= 15 is 0 Å². The Labute approximate surface area is 188 Å². The van der Waals surface area contributed by atoms with E-state index in [1.807, 2.05) is 47.6 Å². The van der Waals surface area contributed by atoms with Gasteiger partial charge in [-0.25, -0.2) is 15.0 Å². The Morgan fingerprint density at radius 2 is 2.16 bits per heavy atom. The van der Waals surface area contributed by atoms with Gasteiger partial charge in [0, 0.05) is 42.6 Å². The molecule has 5 aromatic rings. The summed E-state index contributed by atoms with van der Waals surface area (Å²) >= 11 is 6.28. The number of H-pyrrole nitrogens is 1. The largest absolute Gasteiger partial charge is 0.352 e. The zero-order valence-electron chi connectivity index (χ0n) is 17.6. The quantitative estimate of drug-likeness (QED) is 0.413. The van der Waals surface area contributed by atoms with Gasteiger partial charge >= 0.3 is 0 Å². The summed E-state index contributed by atoms with van der Waals surface area (Å²) in [6.45, 7) is 3.08. The molecule has 32 heavy (non-hydrogen) atoms. The van der Waals surface area contributed by atoms with E-state index in [4.69, 9.17) is 21.7 Å². The molecule has 1 amide bonds. The number of amides is 1. The van der Waals surface area contributed by atoms with Crippen molar-refractivity contribution in [1.82, 2.24) is 39.6 Å². The molecule has 1 aromatic carbocycles. The molecule has 4 heterocycles. The summed E-state index contributed by atoms with van der Waals surface area (Å²) in [4.78, 5) is 29.2. The molecule has 0 radical (unpaired) electrons. The van der Waals surface area contributed by atoms with Crippen LogP contribution in [0.15, 0.2) is 43.0 Å². The van der Waals surface area contributed by atoms with E-state index in [1.165, 1.54) is 0 Å². The normalized spacial score (nSPS) is 11.5. The number of carbonyl (C=O) groups is 1. The molecule has 0 aliphatic heterocycles. The van der Waals surface area contributed by atoms with Crippen molar-refractivity contribution >= 4 is 39.6 Å². The van der Waals surface area contributed by atoms with Gasteiger partial charge in [0.1, 0.15) is 22.7 Å². The number of nitrogens with zero attached hydrogens (tertiary/aromatic N) is 6. The number of fused-ring (bicyclic) bond motifs is 2. The maximum Gasteiger partial charge on any atom is 0.255 e. The number of rotatable bonds is 6. The standard InChI is InChI=1S/C22H21ClN8O/c1-3-6-25-22(32)15-10-26-21-20(15)28-16(11-27-21)19-14-5-4-13(23)9-17(14)31(29-19)12-18-24-7-8-30(18)2/h4-5,7-11H,3,6,12H2,1-2H3,(H,25,32)(H,26,27). The van der Waals surface area contributed by atoms with Crippen LogP contribution in [0.1, 0.15) is 29.5 Å². The number of hydrogen-bond acceptors (Lipinski definition) is 5. The molecule has 0 aliphatic carbocycles. The van der Waals surface area contributed by atoms with Crippen LogP contribution in [0.2, 0.25) is 5.02 Å². The number of aromatic amines is 1. The highest BCUT2D eigenvalue weighted by Gasteiger charge is 2.19. The first-order valence-electron chi connectivity index (χ1n) is 10.3. The minimum Gasteiger partial charge on any atom is -0.352 e. The highest BCUT2D eigenvalue weighted by atomic mass is 35.5. The Bertz CT molecular complexity index is 1450. The van der Waals surface area contributed by atoms with Gasteiger partial charge in [-0.3, -0.25) is 9.48 Å². The van der Waals surface area contributed by atoms with Gasteiger partial charge in [0.25, 0.3) is 5.91 Å². The molecule has 0 atom stereocenters. The lowest BCUT2D eigenvalue weighted by atomic mass is 10.1. The highest BCUT2D eigenvalue weighted by molar-refractivity contribution is 6.31. The van der Waals surface area contributed by atoms with Crippen molar-refractivity contribution in [2.45, 2.75) is 19.9 Å². The number of hydrogen-bond donors (Lipinski definition) is 2. The summed E-state index contributed by atoms with van der Waals surface area (Å²) < 4.78 is 3.81. The third-order valence-corrected chi connectivity index (χ3v) is 5.56. The third-order valence-electron chi connectivity index (χ3n) is 5.33. The first kappa shape index (κ1) is 20.2. The Balaban J connectivity index is 1.62. The maximum absolute atomic E-state index is 12.5. The van der Waals surface area contributed by atoms with E-state index in [2.05, 4.69) is 20.3 Å². The fourth-order valence-electron chi connectivity index (χ4n) is 3.65. The number of imidazole rings is 1. The van der Waals surface area contributed by atoms with Crippen molar-refractivity contribution in [2.75, 3.05) is 6.54 Å². The summed E-state index contributed by atoms with van der Waals surface area (Å²) in [5.74, 6) is 0.685. The van der Waals surface area contributed by atoms with Gasteiger partial charge in [0.05, 0.1) is 23.8 Å².